The number of hydrogen-bond donors (Lipinski definition) is 0. The molecule has 0 saturated heterocycles. The third kappa shape index (κ3) is 3.80. The summed E-state index contributed by atoms with van der Waals surface area (Å²) in [6.07, 6.45) is 2.78. The maximum absolute atomic E-state index is 13.8. The first-order valence-corrected chi connectivity index (χ1v) is 12.8. The number of thiophene rings is 1. The van der Waals surface area contributed by atoms with Crippen molar-refractivity contribution in [1.29, 1.82) is 0 Å². The summed E-state index contributed by atoms with van der Waals surface area (Å²) in [6, 6.07) is 26.2. The Morgan fingerprint density at radius 2 is 1.68 bits per heavy atom. The van der Waals surface area contributed by atoms with Gasteiger partial charge in [0.2, 0.25) is 5.91 Å². The predicted octanol–water partition coefficient (Wildman–Crippen LogP) is 5.68. The lowest BCUT2D eigenvalue weighted by molar-refractivity contribution is -0.134. The van der Waals surface area contributed by atoms with Crippen molar-refractivity contribution >= 4 is 33.9 Å². The van der Waals surface area contributed by atoms with E-state index in [9.17, 15) is 9.59 Å². The second kappa shape index (κ2) is 8.73. The third-order valence-electron chi connectivity index (χ3n) is 6.98. The SMILES string of the molecule is O=C(c1cccc2ccccc12)N(CC(=O)N1CCc2sccc2C1c1ccccc1)C1CC1. The highest BCUT2D eigenvalue weighted by atomic mass is 32.1. The molecule has 4 nitrogen and oxygen atoms in total. The van der Waals surface area contributed by atoms with Crippen molar-refractivity contribution in [3.63, 3.8) is 0 Å². The Hall–Kier alpha value is -3.44. The average Bonchev–Trinajstić information content (AvgIpc) is 3.62. The van der Waals surface area contributed by atoms with E-state index in [-0.39, 0.29) is 30.4 Å². The van der Waals surface area contributed by atoms with Crippen molar-refractivity contribution in [1.82, 2.24) is 9.80 Å². The smallest absolute Gasteiger partial charge is 0.255 e. The minimum absolute atomic E-state index is 0.0196. The van der Waals surface area contributed by atoms with E-state index in [4.69, 9.17) is 0 Å². The van der Waals surface area contributed by atoms with Gasteiger partial charge >= 0.3 is 0 Å². The van der Waals surface area contributed by atoms with Gasteiger partial charge in [0.15, 0.2) is 0 Å². The summed E-state index contributed by atoms with van der Waals surface area (Å²) in [6.45, 7) is 0.794. The van der Waals surface area contributed by atoms with Crippen LogP contribution in [0.2, 0.25) is 0 Å². The molecule has 0 bridgehead atoms. The molecule has 170 valence electrons. The van der Waals surface area contributed by atoms with Crippen molar-refractivity contribution in [2.75, 3.05) is 13.1 Å². The summed E-state index contributed by atoms with van der Waals surface area (Å²) in [5.74, 6) is -0.0247. The molecule has 1 saturated carbocycles. The minimum atomic E-state index is -0.0996. The number of rotatable bonds is 5. The van der Waals surface area contributed by atoms with Crippen LogP contribution in [-0.2, 0) is 11.2 Å². The highest BCUT2D eigenvalue weighted by molar-refractivity contribution is 7.10. The van der Waals surface area contributed by atoms with Crippen LogP contribution in [0.25, 0.3) is 10.8 Å². The highest BCUT2D eigenvalue weighted by Crippen LogP contribution is 2.38. The van der Waals surface area contributed by atoms with E-state index < -0.39 is 0 Å². The van der Waals surface area contributed by atoms with Crippen LogP contribution in [0.15, 0.2) is 84.2 Å². The zero-order valence-electron chi connectivity index (χ0n) is 18.9. The molecule has 0 N–H and O–H groups in total. The van der Waals surface area contributed by atoms with Gasteiger partial charge in [0.25, 0.3) is 5.91 Å². The first-order valence-electron chi connectivity index (χ1n) is 11.9. The molecule has 1 fully saturated rings. The number of fused-ring (bicyclic) bond motifs is 2. The number of hydrogen-bond acceptors (Lipinski definition) is 3. The van der Waals surface area contributed by atoms with E-state index in [0.29, 0.717) is 12.1 Å². The van der Waals surface area contributed by atoms with Crippen molar-refractivity contribution in [3.8, 4) is 0 Å². The van der Waals surface area contributed by atoms with E-state index >= 15 is 0 Å². The van der Waals surface area contributed by atoms with Gasteiger partial charge in [0.1, 0.15) is 6.54 Å². The number of benzene rings is 3. The van der Waals surface area contributed by atoms with E-state index in [1.807, 2.05) is 70.5 Å². The largest absolute Gasteiger partial charge is 0.330 e. The molecule has 2 aliphatic rings. The fraction of sp³-hybridized carbons (Fsp3) is 0.241. The van der Waals surface area contributed by atoms with Gasteiger partial charge in [-0.05, 0) is 58.7 Å². The monoisotopic (exact) mass is 466 g/mol. The summed E-state index contributed by atoms with van der Waals surface area (Å²) >= 11 is 1.77. The van der Waals surface area contributed by atoms with E-state index in [1.54, 1.807) is 11.3 Å². The number of nitrogens with zero attached hydrogens (tertiary/aromatic N) is 2. The normalized spacial score (nSPS) is 17.4. The summed E-state index contributed by atoms with van der Waals surface area (Å²) in [4.78, 5) is 32.7. The van der Waals surface area contributed by atoms with Gasteiger partial charge in [-0.15, -0.1) is 11.3 Å². The summed E-state index contributed by atoms with van der Waals surface area (Å²) in [5, 5.41) is 4.10. The van der Waals surface area contributed by atoms with E-state index in [0.717, 1.165) is 35.6 Å². The van der Waals surface area contributed by atoms with Crippen molar-refractivity contribution in [3.05, 3.63) is 106 Å². The maximum atomic E-state index is 13.8. The van der Waals surface area contributed by atoms with Crippen LogP contribution in [0.1, 0.15) is 45.2 Å². The summed E-state index contributed by atoms with van der Waals surface area (Å²) in [5.41, 5.74) is 3.01. The Bertz CT molecular complexity index is 1350. The zero-order chi connectivity index (χ0) is 23.1. The Morgan fingerprint density at radius 3 is 2.50 bits per heavy atom. The Morgan fingerprint density at radius 1 is 0.912 bits per heavy atom. The molecule has 0 spiro atoms. The minimum Gasteiger partial charge on any atom is -0.330 e. The molecule has 0 radical (unpaired) electrons. The second-order valence-corrected chi connectivity index (χ2v) is 10.1. The molecule has 4 aromatic rings. The molecule has 2 amide bonds. The van der Waals surface area contributed by atoms with Gasteiger partial charge in [-0.1, -0.05) is 66.7 Å². The van der Waals surface area contributed by atoms with E-state index in [2.05, 4.69) is 23.6 Å². The molecule has 1 atom stereocenters. The van der Waals surface area contributed by atoms with Crippen LogP contribution in [0, 0.1) is 0 Å². The van der Waals surface area contributed by atoms with Crippen molar-refractivity contribution < 1.29 is 9.59 Å². The second-order valence-electron chi connectivity index (χ2n) is 9.14. The molecule has 1 aliphatic carbocycles. The average molecular weight is 467 g/mol. The first-order chi connectivity index (χ1) is 16.7. The summed E-state index contributed by atoms with van der Waals surface area (Å²) in [7, 11) is 0. The molecular weight excluding hydrogens is 440 g/mol. The van der Waals surface area contributed by atoms with Crippen LogP contribution >= 0.6 is 11.3 Å². The van der Waals surface area contributed by atoms with Crippen LogP contribution in [0.3, 0.4) is 0 Å². The molecule has 34 heavy (non-hydrogen) atoms. The van der Waals surface area contributed by atoms with Gasteiger partial charge in [-0.25, -0.2) is 0 Å². The quantitative estimate of drug-likeness (QED) is 0.380. The first kappa shape index (κ1) is 21.1. The van der Waals surface area contributed by atoms with Crippen molar-refractivity contribution in [2.45, 2.75) is 31.3 Å². The lowest BCUT2D eigenvalue weighted by Crippen LogP contribution is -2.47. The highest BCUT2D eigenvalue weighted by Gasteiger charge is 2.38. The molecule has 1 aromatic heterocycles. The van der Waals surface area contributed by atoms with E-state index in [1.165, 1.54) is 10.4 Å². The lowest BCUT2D eigenvalue weighted by atomic mass is 9.93. The van der Waals surface area contributed by atoms with Gasteiger partial charge in [-0.2, -0.15) is 0 Å². The maximum Gasteiger partial charge on any atom is 0.255 e. The Balaban J connectivity index is 1.31. The van der Waals surface area contributed by atoms with Gasteiger partial charge < -0.3 is 9.80 Å². The van der Waals surface area contributed by atoms with Gasteiger partial charge in [-0.3, -0.25) is 9.59 Å². The molecule has 5 heteroatoms. The van der Waals surface area contributed by atoms with Gasteiger partial charge in [0.05, 0.1) is 6.04 Å². The molecule has 1 aliphatic heterocycles. The molecule has 6 rings (SSSR count). The Labute approximate surface area is 203 Å². The number of carbonyl (C=O) groups is 2. The number of amides is 2. The van der Waals surface area contributed by atoms with Gasteiger partial charge in [0, 0.05) is 23.0 Å². The molecular formula is C29H26N2O2S. The summed E-state index contributed by atoms with van der Waals surface area (Å²) < 4.78 is 0. The van der Waals surface area contributed by atoms with Crippen LogP contribution in [-0.4, -0.2) is 40.7 Å². The number of carbonyl (C=O) groups excluding carboxylic acids is 2. The predicted molar refractivity (Wildman–Crippen MR) is 136 cm³/mol. The molecule has 1 unspecified atom stereocenters. The third-order valence-corrected chi connectivity index (χ3v) is 7.97. The van der Waals surface area contributed by atoms with Crippen molar-refractivity contribution in [2.24, 2.45) is 0 Å². The fourth-order valence-electron chi connectivity index (χ4n) is 5.14. The Kier molecular flexibility index (Phi) is 5.42. The standard InChI is InChI=1S/C29H26N2O2S/c32-27(30-17-15-26-25(16-18-34-26)28(30)21-8-2-1-3-9-21)19-31(22-13-14-22)29(33)24-12-6-10-20-7-4-5-11-23(20)24/h1-12,16,18,22,28H,13-15,17,19H2. The molecule has 2 heterocycles. The topological polar surface area (TPSA) is 40.6 Å². The fourth-order valence-corrected chi connectivity index (χ4v) is 6.04. The lowest BCUT2D eigenvalue weighted by Gasteiger charge is -2.37. The van der Waals surface area contributed by atoms with Crippen LogP contribution in [0.4, 0.5) is 0 Å². The van der Waals surface area contributed by atoms with Crippen LogP contribution in [0.5, 0.6) is 0 Å². The zero-order valence-corrected chi connectivity index (χ0v) is 19.7. The molecule has 3 aromatic carbocycles. The van der Waals surface area contributed by atoms with Crippen LogP contribution < -0.4 is 0 Å².